The molecule has 0 spiro atoms. The molecule has 2 rings (SSSR count). The Hall–Kier alpha value is -1.28. The number of nitrogens with one attached hydrogen (secondary N) is 1. The highest BCUT2D eigenvalue weighted by molar-refractivity contribution is 5.84. The quantitative estimate of drug-likeness (QED) is 0.830. The van der Waals surface area contributed by atoms with Crippen LogP contribution in [0, 0.1) is 6.92 Å². The van der Waals surface area contributed by atoms with Gasteiger partial charge in [-0.1, -0.05) is 32.0 Å². The molecule has 1 aromatic heterocycles. The molecule has 0 unspecified atom stereocenters. The third-order valence-corrected chi connectivity index (χ3v) is 3.30. The van der Waals surface area contributed by atoms with Gasteiger partial charge in [0.1, 0.15) is 0 Å². The van der Waals surface area contributed by atoms with E-state index in [0.29, 0.717) is 0 Å². The van der Waals surface area contributed by atoms with Crippen LogP contribution >= 0.6 is 0 Å². The highest BCUT2D eigenvalue weighted by Crippen LogP contribution is 2.23. The molecule has 0 bridgehead atoms. The molecule has 0 aliphatic heterocycles. The molecule has 1 heterocycles. The SMILES string of the molecule is CCN(CC)Cc1c(C)[nH]c2ccccc12. The summed E-state index contributed by atoms with van der Waals surface area (Å²) in [4.78, 5) is 5.90. The van der Waals surface area contributed by atoms with Gasteiger partial charge in [0.25, 0.3) is 0 Å². The Balaban J connectivity index is 2.39. The molecule has 1 N–H and O–H groups in total. The second kappa shape index (κ2) is 4.71. The summed E-state index contributed by atoms with van der Waals surface area (Å²) in [6.07, 6.45) is 0. The monoisotopic (exact) mass is 216 g/mol. The van der Waals surface area contributed by atoms with E-state index in [1.165, 1.54) is 22.2 Å². The number of fused-ring (bicyclic) bond motifs is 1. The first-order valence-corrected chi connectivity index (χ1v) is 6.04. The van der Waals surface area contributed by atoms with Gasteiger partial charge in [-0.15, -0.1) is 0 Å². The summed E-state index contributed by atoms with van der Waals surface area (Å²) in [6.45, 7) is 9.86. The zero-order valence-electron chi connectivity index (χ0n) is 10.4. The van der Waals surface area contributed by atoms with E-state index in [4.69, 9.17) is 0 Å². The van der Waals surface area contributed by atoms with Gasteiger partial charge in [-0.3, -0.25) is 4.90 Å². The van der Waals surface area contributed by atoms with Crippen LogP contribution in [-0.4, -0.2) is 23.0 Å². The molecule has 0 aliphatic carbocycles. The topological polar surface area (TPSA) is 19.0 Å². The van der Waals surface area contributed by atoms with Gasteiger partial charge in [0.15, 0.2) is 0 Å². The molecule has 0 radical (unpaired) electrons. The zero-order valence-corrected chi connectivity index (χ0v) is 10.4. The van der Waals surface area contributed by atoms with E-state index in [0.717, 1.165) is 19.6 Å². The molecule has 0 atom stereocenters. The van der Waals surface area contributed by atoms with Crippen LogP contribution in [0.5, 0.6) is 0 Å². The highest BCUT2D eigenvalue weighted by atomic mass is 15.1. The summed E-state index contributed by atoms with van der Waals surface area (Å²) < 4.78 is 0. The Labute approximate surface area is 97.3 Å². The number of benzene rings is 1. The van der Waals surface area contributed by atoms with Gasteiger partial charge >= 0.3 is 0 Å². The molecule has 0 aliphatic rings. The van der Waals surface area contributed by atoms with Crippen LogP contribution in [0.2, 0.25) is 0 Å². The summed E-state index contributed by atoms with van der Waals surface area (Å²) in [7, 11) is 0. The summed E-state index contributed by atoms with van der Waals surface area (Å²) in [6, 6.07) is 8.55. The van der Waals surface area contributed by atoms with Crippen LogP contribution in [-0.2, 0) is 6.54 Å². The molecule has 0 fully saturated rings. The van der Waals surface area contributed by atoms with Gasteiger partial charge in [0, 0.05) is 23.1 Å². The molecule has 0 amide bonds. The first kappa shape index (κ1) is 11.2. The van der Waals surface area contributed by atoms with Gasteiger partial charge in [0.2, 0.25) is 0 Å². The number of aryl methyl sites for hydroxylation is 1. The van der Waals surface area contributed by atoms with Gasteiger partial charge in [-0.2, -0.15) is 0 Å². The van der Waals surface area contributed by atoms with Gasteiger partial charge in [-0.25, -0.2) is 0 Å². The van der Waals surface area contributed by atoms with Gasteiger partial charge in [-0.05, 0) is 31.6 Å². The number of rotatable bonds is 4. The second-order valence-corrected chi connectivity index (χ2v) is 4.24. The van der Waals surface area contributed by atoms with Crippen molar-refractivity contribution in [3.8, 4) is 0 Å². The lowest BCUT2D eigenvalue weighted by Gasteiger charge is -2.18. The number of hydrogen-bond donors (Lipinski definition) is 1. The van der Waals surface area contributed by atoms with E-state index in [2.05, 4.69) is 54.9 Å². The number of H-pyrrole nitrogens is 1. The minimum absolute atomic E-state index is 1.04. The Morgan fingerprint density at radius 3 is 2.50 bits per heavy atom. The van der Waals surface area contributed by atoms with Gasteiger partial charge in [0.05, 0.1) is 0 Å². The number of para-hydroxylation sites is 1. The molecule has 2 nitrogen and oxygen atoms in total. The molecule has 0 saturated carbocycles. The lowest BCUT2D eigenvalue weighted by molar-refractivity contribution is 0.296. The predicted octanol–water partition coefficient (Wildman–Crippen LogP) is 3.32. The smallest absolute Gasteiger partial charge is 0.0459 e. The first-order valence-electron chi connectivity index (χ1n) is 6.04. The lowest BCUT2D eigenvalue weighted by Crippen LogP contribution is -2.22. The van der Waals surface area contributed by atoms with Crippen molar-refractivity contribution < 1.29 is 0 Å². The van der Waals surface area contributed by atoms with Crippen molar-refractivity contribution in [2.75, 3.05) is 13.1 Å². The Bertz CT molecular complexity index is 467. The highest BCUT2D eigenvalue weighted by Gasteiger charge is 2.10. The van der Waals surface area contributed by atoms with E-state index in [1.54, 1.807) is 0 Å². The fourth-order valence-electron chi connectivity index (χ4n) is 2.21. The number of aromatic amines is 1. The third kappa shape index (κ3) is 1.98. The van der Waals surface area contributed by atoms with Crippen LogP contribution in [0.3, 0.4) is 0 Å². The fraction of sp³-hybridized carbons (Fsp3) is 0.429. The Morgan fingerprint density at radius 2 is 1.81 bits per heavy atom. The summed E-state index contributed by atoms with van der Waals surface area (Å²) in [5.74, 6) is 0. The molecule has 0 saturated heterocycles. The summed E-state index contributed by atoms with van der Waals surface area (Å²) in [5.41, 5.74) is 3.99. The van der Waals surface area contributed by atoms with Crippen molar-refractivity contribution >= 4 is 10.9 Å². The number of hydrogen-bond acceptors (Lipinski definition) is 1. The molecule has 2 heteroatoms. The van der Waals surface area contributed by atoms with E-state index in [1.807, 2.05) is 0 Å². The fourth-order valence-corrected chi connectivity index (χ4v) is 2.21. The van der Waals surface area contributed by atoms with E-state index < -0.39 is 0 Å². The van der Waals surface area contributed by atoms with E-state index >= 15 is 0 Å². The Kier molecular flexibility index (Phi) is 3.30. The summed E-state index contributed by atoms with van der Waals surface area (Å²) in [5, 5.41) is 1.37. The predicted molar refractivity (Wildman–Crippen MR) is 69.7 cm³/mol. The van der Waals surface area contributed by atoms with Crippen LogP contribution in [0.15, 0.2) is 24.3 Å². The van der Waals surface area contributed by atoms with Crippen molar-refractivity contribution in [3.05, 3.63) is 35.5 Å². The van der Waals surface area contributed by atoms with Crippen LogP contribution < -0.4 is 0 Å². The van der Waals surface area contributed by atoms with E-state index in [-0.39, 0.29) is 0 Å². The minimum Gasteiger partial charge on any atom is -0.358 e. The summed E-state index contributed by atoms with van der Waals surface area (Å²) >= 11 is 0. The average Bonchev–Trinajstić information content (AvgIpc) is 2.62. The van der Waals surface area contributed by atoms with Crippen molar-refractivity contribution in [1.29, 1.82) is 0 Å². The molecule has 2 aromatic rings. The molecular weight excluding hydrogens is 196 g/mol. The maximum Gasteiger partial charge on any atom is 0.0459 e. The zero-order chi connectivity index (χ0) is 11.5. The molecular formula is C14H20N2. The van der Waals surface area contributed by atoms with Crippen LogP contribution in [0.1, 0.15) is 25.1 Å². The van der Waals surface area contributed by atoms with Crippen molar-refractivity contribution in [3.63, 3.8) is 0 Å². The first-order chi connectivity index (χ1) is 7.76. The van der Waals surface area contributed by atoms with Crippen molar-refractivity contribution in [2.45, 2.75) is 27.3 Å². The largest absolute Gasteiger partial charge is 0.358 e. The van der Waals surface area contributed by atoms with Gasteiger partial charge < -0.3 is 4.98 Å². The molecule has 16 heavy (non-hydrogen) atoms. The second-order valence-electron chi connectivity index (χ2n) is 4.24. The average molecular weight is 216 g/mol. The normalized spacial score (nSPS) is 11.5. The molecule has 1 aromatic carbocycles. The van der Waals surface area contributed by atoms with Crippen molar-refractivity contribution in [2.24, 2.45) is 0 Å². The van der Waals surface area contributed by atoms with Crippen molar-refractivity contribution in [1.82, 2.24) is 9.88 Å². The maximum absolute atomic E-state index is 3.45. The Morgan fingerprint density at radius 1 is 1.12 bits per heavy atom. The minimum atomic E-state index is 1.04. The van der Waals surface area contributed by atoms with E-state index in [9.17, 15) is 0 Å². The molecule has 86 valence electrons. The number of nitrogens with zero attached hydrogens (tertiary/aromatic N) is 1. The number of aromatic nitrogens is 1. The van der Waals surface area contributed by atoms with Crippen LogP contribution in [0.4, 0.5) is 0 Å². The maximum atomic E-state index is 3.45. The standard InChI is InChI=1S/C14H20N2/c1-4-16(5-2)10-13-11(3)15-14-9-7-6-8-12(13)14/h6-9,15H,4-5,10H2,1-3H3. The third-order valence-electron chi connectivity index (χ3n) is 3.30. The lowest BCUT2D eigenvalue weighted by atomic mass is 10.1. The van der Waals surface area contributed by atoms with Crippen LogP contribution in [0.25, 0.3) is 10.9 Å².